The first-order chi connectivity index (χ1) is 4.51. The molecule has 0 amide bonds. The van der Waals surface area contributed by atoms with Crippen molar-refractivity contribution in [3.8, 4) is 0 Å². The minimum atomic E-state index is -1.59. The molecule has 1 aliphatic heterocycles. The van der Waals surface area contributed by atoms with Gasteiger partial charge in [-0.15, -0.1) is 0 Å². The van der Waals surface area contributed by atoms with Gasteiger partial charge in [-0.25, -0.2) is 0 Å². The molecule has 1 rings (SSSR count). The Labute approximate surface area is 53.9 Å². The SMILES string of the molecule is [2H][C@]1(O)CNC(C(=O)O)C1. The fourth-order valence-electron chi connectivity index (χ4n) is 0.796. The number of nitrogens with one attached hydrogen (secondary N) is 1. The topological polar surface area (TPSA) is 69.6 Å². The number of rotatable bonds is 1. The Morgan fingerprint density at radius 1 is 1.89 bits per heavy atom. The first-order valence-electron chi connectivity index (χ1n) is 3.20. The first-order valence-corrected chi connectivity index (χ1v) is 2.70. The molecule has 1 saturated heterocycles. The van der Waals surface area contributed by atoms with Crippen LogP contribution in [0.5, 0.6) is 0 Å². The molecule has 1 aliphatic rings. The molecule has 0 spiro atoms. The van der Waals surface area contributed by atoms with E-state index in [9.17, 15) is 4.79 Å². The van der Waals surface area contributed by atoms with E-state index in [1.807, 2.05) is 0 Å². The van der Waals surface area contributed by atoms with Gasteiger partial charge in [0.1, 0.15) is 6.04 Å². The van der Waals surface area contributed by atoms with Crippen molar-refractivity contribution >= 4 is 5.97 Å². The lowest BCUT2D eigenvalue weighted by Gasteiger charge is -1.99. The maximum atomic E-state index is 10.2. The fourth-order valence-corrected chi connectivity index (χ4v) is 0.796. The maximum Gasteiger partial charge on any atom is 0.320 e. The van der Waals surface area contributed by atoms with Gasteiger partial charge >= 0.3 is 5.97 Å². The third kappa shape index (κ3) is 1.40. The molecule has 3 N–H and O–H groups in total. The van der Waals surface area contributed by atoms with Crippen LogP contribution in [0.2, 0.25) is 0 Å². The smallest absolute Gasteiger partial charge is 0.320 e. The lowest BCUT2D eigenvalue weighted by Crippen LogP contribution is -2.29. The molecule has 1 heterocycles. The van der Waals surface area contributed by atoms with Gasteiger partial charge in [0, 0.05) is 13.0 Å². The summed E-state index contributed by atoms with van der Waals surface area (Å²) in [5.41, 5.74) is 0. The Morgan fingerprint density at radius 3 is 2.78 bits per heavy atom. The van der Waals surface area contributed by atoms with Gasteiger partial charge in [-0.1, -0.05) is 0 Å². The van der Waals surface area contributed by atoms with E-state index < -0.39 is 18.1 Å². The zero-order valence-electron chi connectivity index (χ0n) is 5.79. The van der Waals surface area contributed by atoms with Crippen LogP contribution in [0.3, 0.4) is 0 Å². The van der Waals surface area contributed by atoms with Crippen molar-refractivity contribution in [3.63, 3.8) is 0 Å². The molecule has 2 atom stereocenters. The number of aliphatic hydroxyl groups is 1. The standard InChI is InChI=1S/C5H9NO3/c7-3-1-4(5(8)9)6-2-3/h3-4,6-7H,1-2H2,(H,8,9)/t3-,4?/m1/s1/i3D. The highest BCUT2D eigenvalue weighted by molar-refractivity contribution is 5.73. The third-order valence-electron chi connectivity index (χ3n) is 1.29. The first kappa shape index (κ1) is 5.20. The molecule has 0 aromatic heterocycles. The van der Waals surface area contributed by atoms with E-state index >= 15 is 0 Å². The van der Waals surface area contributed by atoms with Gasteiger partial charge in [0.25, 0.3) is 0 Å². The summed E-state index contributed by atoms with van der Waals surface area (Å²) in [4.78, 5) is 10.2. The van der Waals surface area contributed by atoms with E-state index in [0.29, 0.717) is 0 Å². The number of β-amino-alcohol motifs (C(OH)–C–C–N with tert-alkyl or cyclic N) is 1. The number of aliphatic carboxylic acids is 1. The highest BCUT2D eigenvalue weighted by Gasteiger charge is 2.27. The molecule has 0 aromatic carbocycles. The maximum absolute atomic E-state index is 10.2. The van der Waals surface area contributed by atoms with Gasteiger partial charge < -0.3 is 15.5 Å². The Kier molecular flexibility index (Phi) is 1.34. The van der Waals surface area contributed by atoms with Crippen LogP contribution >= 0.6 is 0 Å². The summed E-state index contributed by atoms with van der Waals surface area (Å²) in [5, 5.41) is 19.9. The third-order valence-corrected chi connectivity index (χ3v) is 1.29. The van der Waals surface area contributed by atoms with Gasteiger partial charge in [-0.2, -0.15) is 0 Å². The van der Waals surface area contributed by atoms with E-state index in [1.54, 1.807) is 0 Å². The molecule has 4 nitrogen and oxygen atoms in total. The Hall–Kier alpha value is -0.610. The fraction of sp³-hybridized carbons (Fsp3) is 0.800. The summed E-state index contributed by atoms with van der Waals surface area (Å²) in [7, 11) is 0. The zero-order chi connectivity index (χ0) is 7.78. The van der Waals surface area contributed by atoms with Crippen molar-refractivity contribution in [3.05, 3.63) is 0 Å². The molecule has 52 valence electrons. The molecule has 0 radical (unpaired) electrons. The van der Waals surface area contributed by atoms with Crippen LogP contribution in [0.1, 0.15) is 7.79 Å². The molecular weight excluding hydrogens is 122 g/mol. The lowest BCUT2D eigenvalue weighted by molar-refractivity contribution is -0.139. The largest absolute Gasteiger partial charge is 0.480 e. The molecule has 0 aliphatic carbocycles. The molecule has 0 bridgehead atoms. The number of hydrogen-bond acceptors (Lipinski definition) is 3. The van der Waals surface area contributed by atoms with Crippen LogP contribution in [0.25, 0.3) is 0 Å². The van der Waals surface area contributed by atoms with Crippen LogP contribution in [0, 0.1) is 0 Å². The van der Waals surface area contributed by atoms with Crippen LogP contribution < -0.4 is 5.32 Å². The normalized spacial score (nSPS) is 44.6. The van der Waals surface area contributed by atoms with E-state index in [-0.39, 0.29) is 13.0 Å². The van der Waals surface area contributed by atoms with Crippen LogP contribution in [-0.4, -0.2) is 34.8 Å². The van der Waals surface area contributed by atoms with E-state index in [2.05, 4.69) is 5.32 Å². The quantitative estimate of drug-likeness (QED) is 0.419. The summed E-state index contributed by atoms with van der Waals surface area (Å²) in [6.45, 7) is 0.0317. The van der Waals surface area contributed by atoms with Gasteiger partial charge in [-0.05, 0) is 0 Å². The Balaban J connectivity index is 2.51. The number of hydrogen-bond donors (Lipinski definition) is 3. The van der Waals surface area contributed by atoms with Gasteiger partial charge in [-0.3, -0.25) is 4.79 Å². The number of carboxylic acids is 1. The van der Waals surface area contributed by atoms with Crippen LogP contribution in [-0.2, 0) is 4.79 Å². The number of carboxylic acid groups (broad SMARTS) is 1. The van der Waals surface area contributed by atoms with Crippen molar-refractivity contribution < 1.29 is 16.4 Å². The van der Waals surface area contributed by atoms with Crippen molar-refractivity contribution in [2.45, 2.75) is 18.5 Å². The monoisotopic (exact) mass is 132 g/mol. The van der Waals surface area contributed by atoms with Gasteiger partial charge in [0.05, 0.1) is 7.45 Å². The second-order valence-corrected chi connectivity index (χ2v) is 2.04. The summed E-state index contributed by atoms with van der Waals surface area (Å²) in [6.07, 6.45) is -1.63. The van der Waals surface area contributed by atoms with E-state index in [4.69, 9.17) is 11.6 Å². The Bertz CT molecular complexity index is 159. The van der Waals surface area contributed by atoms with Gasteiger partial charge in [0.2, 0.25) is 0 Å². The summed E-state index contributed by atoms with van der Waals surface area (Å²) in [6, 6.07) is -0.762. The van der Waals surface area contributed by atoms with Crippen molar-refractivity contribution in [1.82, 2.24) is 5.32 Å². The molecule has 1 fully saturated rings. The van der Waals surface area contributed by atoms with Crippen molar-refractivity contribution in [2.75, 3.05) is 6.54 Å². The summed E-state index contributed by atoms with van der Waals surface area (Å²) >= 11 is 0. The molecule has 9 heavy (non-hydrogen) atoms. The summed E-state index contributed by atoms with van der Waals surface area (Å²) in [5.74, 6) is -1.01. The van der Waals surface area contributed by atoms with Gasteiger partial charge in [0.15, 0.2) is 0 Å². The zero-order valence-corrected chi connectivity index (χ0v) is 4.79. The number of carbonyl (C=O) groups is 1. The van der Waals surface area contributed by atoms with E-state index in [0.717, 1.165) is 0 Å². The average Bonchev–Trinajstić information content (AvgIpc) is 2.10. The van der Waals surface area contributed by atoms with Crippen LogP contribution in [0.4, 0.5) is 0 Å². The lowest BCUT2D eigenvalue weighted by atomic mass is 10.2. The second kappa shape index (κ2) is 2.33. The highest BCUT2D eigenvalue weighted by Crippen LogP contribution is 2.05. The molecule has 0 aromatic rings. The summed E-state index contributed by atoms with van der Waals surface area (Å²) < 4.78 is 7.04. The molecule has 4 heteroatoms. The Morgan fingerprint density at radius 2 is 2.56 bits per heavy atom. The van der Waals surface area contributed by atoms with Crippen molar-refractivity contribution in [2.24, 2.45) is 0 Å². The van der Waals surface area contributed by atoms with E-state index in [1.165, 1.54) is 0 Å². The predicted octanol–water partition coefficient (Wildman–Crippen LogP) is -1.21. The molecular formula is C5H9NO3. The molecule has 1 unspecified atom stereocenters. The van der Waals surface area contributed by atoms with Crippen molar-refractivity contribution in [1.29, 1.82) is 0 Å². The second-order valence-electron chi connectivity index (χ2n) is 2.04. The van der Waals surface area contributed by atoms with Crippen LogP contribution in [0.15, 0.2) is 0 Å². The average molecular weight is 132 g/mol. The minimum Gasteiger partial charge on any atom is -0.480 e. The molecule has 0 saturated carbocycles. The predicted molar refractivity (Wildman–Crippen MR) is 30.1 cm³/mol. The minimum absolute atomic E-state index is 0.0317. The highest BCUT2D eigenvalue weighted by atomic mass is 16.4.